The molecule has 2 bridgehead atoms. The van der Waals surface area contributed by atoms with Crippen LogP contribution in [0.25, 0.3) is 0 Å². The van der Waals surface area contributed by atoms with E-state index in [0.717, 1.165) is 17.7 Å². The number of nitrogens with zero attached hydrogens (tertiary/aromatic N) is 1. The summed E-state index contributed by atoms with van der Waals surface area (Å²) in [7, 11) is 1.40. The van der Waals surface area contributed by atoms with Gasteiger partial charge in [0.05, 0.1) is 18.4 Å². The summed E-state index contributed by atoms with van der Waals surface area (Å²) in [6.07, 6.45) is 1.94. The second-order valence-corrected chi connectivity index (χ2v) is 6.41. The van der Waals surface area contributed by atoms with Gasteiger partial charge in [-0.05, 0) is 25.0 Å². The molecule has 1 amide bonds. The number of hydrogen-bond donors (Lipinski definition) is 0. The van der Waals surface area contributed by atoms with Gasteiger partial charge in [0.1, 0.15) is 5.78 Å². The van der Waals surface area contributed by atoms with Crippen LogP contribution in [0.2, 0.25) is 0 Å². The number of Topliss-reactive ketones (excluding diaryl/α,β-unsaturated/α-hetero) is 1. The zero-order valence-corrected chi connectivity index (χ0v) is 12.1. The number of amides is 1. The van der Waals surface area contributed by atoms with Gasteiger partial charge < -0.3 is 9.64 Å². The smallest absolute Gasteiger partial charge is 0.410 e. The van der Waals surface area contributed by atoms with Crippen molar-refractivity contribution in [3.8, 4) is 0 Å². The molecular weight excluding hydrogens is 274 g/mol. The van der Waals surface area contributed by atoms with Crippen LogP contribution < -0.4 is 0 Å². The Hall–Kier alpha value is -1.49. The molecule has 1 aromatic carbocycles. The number of benzene rings is 1. The maximum Gasteiger partial charge on any atom is 0.410 e. The fraction of sp³-hybridized carbons (Fsp3) is 0.467. The molecule has 2 aliphatic heterocycles. The highest BCUT2D eigenvalue weighted by molar-refractivity contribution is 8.00. The molecule has 0 N–H and O–H groups in total. The maximum absolute atomic E-state index is 12.3. The molecule has 3 rings (SSSR count). The summed E-state index contributed by atoms with van der Waals surface area (Å²) in [5.74, 6) is 0.256. The average molecular weight is 291 g/mol. The highest BCUT2D eigenvalue weighted by atomic mass is 32.2. The highest BCUT2D eigenvalue weighted by Gasteiger charge is 2.49. The summed E-state index contributed by atoms with van der Waals surface area (Å²) in [6, 6.07) is 9.89. The summed E-state index contributed by atoms with van der Waals surface area (Å²) >= 11 is 1.56. The Kier molecular flexibility index (Phi) is 3.70. The summed E-state index contributed by atoms with van der Waals surface area (Å²) in [5, 5.41) is -0.171. The van der Waals surface area contributed by atoms with Gasteiger partial charge in [0, 0.05) is 17.4 Å². The minimum absolute atomic E-state index is 0.0288. The quantitative estimate of drug-likeness (QED) is 0.840. The summed E-state index contributed by atoms with van der Waals surface area (Å²) in [4.78, 5) is 27.1. The molecule has 0 saturated carbocycles. The van der Waals surface area contributed by atoms with Gasteiger partial charge in [-0.3, -0.25) is 4.79 Å². The van der Waals surface area contributed by atoms with Crippen molar-refractivity contribution >= 4 is 23.6 Å². The topological polar surface area (TPSA) is 46.6 Å². The van der Waals surface area contributed by atoms with Crippen LogP contribution in [-0.4, -0.2) is 41.2 Å². The Balaban J connectivity index is 1.82. The lowest BCUT2D eigenvalue weighted by Crippen LogP contribution is -2.53. The number of thioether (sulfide) groups is 1. The molecule has 3 atom stereocenters. The summed E-state index contributed by atoms with van der Waals surface area (Å²) < 4.78 is 4.87. The fourth-order valence-electron chi connectivity index (χ4n) is 3.15. The lowest BCUT2D eigenvalue weighted by atomic mass is 10.0. The normalized spacial score (nSPS) is 28.6. The Bertz CT molecular complexity index is 519. The molecule has 2 heterocycles. The first kappa shape index (κ1) is 13.5. The van der Waals surface area contributed by atoms with Crippen molar-refractivity contribution in [3.63, 3.8) is 0 Å². The van der Waals surface area contributed by atoms with E-state index >= 15 is 0 Å². The number of hydrogen-bond acceptors (Lipinski definition) is 4. The number of rotatable bonds is 2. The minimum atomic E-state index is -0.302. The van der Waals surface area contributed by atoms with Crippen LogP contribution in [0, 0.1) is 0 Å². The van der Waals surface area contributed by atoms with Gasteiger partial charge >= 0.3 is 6.09 Å². The van der Waals surface area contributed by atoms with Crippen molar-refractivity contribution in [2.24, 2.45) is 0 Å². The molecule has 0 spiro atoms. The number of carbonyl (C=O) groups excluding carboxylic acids is 2. The molecule has 1 aromatic rings. The Morgan fingerprint density at radius 3 is 2.75 bits per heavy atom. The third-order valence-electron chi connectivity index (χ3n) is 4.04. The fourth-order valence-corrected chi connectivity index (χ4v) is 4.41. The van der Waals surface area contributed by atoms with Crippen LogP contribution in [0.5, 0.6) is 0 Å². The van der Waals surface area contributed by atoms with Gasteiger partial charge in [0.15, 0.2) is 0 Å². The van der Waals surface area contributed by atoms with Gasteiger partial charge in [-0.15, -0.1) is 11.8 Å². The highest BCUT2D eigenvalue weighted by Crippen LogP contribution is 2.41. The standard InChI is InChI=1S/C15H17NO3S/c1-19-15(18)16-10-7-8-12(16)14(13(17)9-10)20-11-5-3-2-4-6-11/h2-6,10,12,14H,7-9H2,1H3/t10-,12+,14+/m0/s1. The number of fused-ring (bicyclic) bond motifs is 2. The van der Waals surface area contributed by atoms with Gasteiger partial charge in [0.25, 0.3) is 0 Å². The van der Waals surface area contributed by atoms with E-state index in [1.54, 1.807) is 16.7 Å². The largest absolute Gasteiger partial charge is 0.453 e. The maximum atomic E-state index is 12.3. The van der Waals surface area contributed by atoms with Crippen molar-refractivity contribution in [1.82, 2.24) is 4.90 Å². The lowest BCUT2D eigenvalue weighted by molar-refractivity contribution is -0.122. The van der Waals surface area contributed by atoms with Crippen LogP contribution in [0.15, 0.2) is 35.2 Å². The number of carbonyl (C=O) groups is 2. The number of methoxy groups -OCH3 is 1. The Labute approximate surface area is 122 Å². The van der Waals surface area contributed by atoms with Crippen molar-refractivity contribution in [2.75, 3.05) is 7.11 Å². The predicted octanol–water partition coefficient (Wildman–Crippen LogP) is 2.72. The third kappa shape index (κ3) is 2.30. The zero-order chi connectivity index (χ0) is 14.1. The monoisotopic (exact) mass is 291 g/mol. The van der Waals surface area contributed by atoms with E-state index in [4.69, 9.17) is 4.74 Å². The van der Waals surface area contributed by atoms with E-state index in [0.29, 0.717) is 6.42 Å². The van der Waals surface area contributed by atoms with E-state index in [1.807, 2.05) is 30.3 Å². The second kappa shape index (κ2) is 5.48. The van der Waals surface area contributed by atoms with Crippen LogP contribution in [0.3, 0.4) is 0 Å². The first-order valence-electron chi connectivity index (χ1n) is 6.81. The van der Waals surface area contributed by atoms with Crippen molar-refractivity contribution in [2.45, 2.75) is 41.5 Å². The molecule has 2 saturated heterocycles. The first-order valence-corrected chi connectivity index (χ1v) is 7.69. The van der Waals surface area contributed by atoms with Crippen molar-refractivity contribution in [3.05, 3.63) is 30.3 Å². The lowest BCUT2D eigenvalue weighted by Gasteiger charge is -2.37. The van der Waals surface area contributed by atoms with Crippen LogP contribution in [-0.2, 0) is 9.53 Å². The predicted molar refractivity (Wildman–Crippen MR) is 76.8 cm³/mol. The molecule has 0 aliphatic carbocycles. The van der Waals surface area contributed by atoms with Gasteiger partial charge in [-0.25, -0.2) is 4.79 Å². The van der Waals surface area contributed by atoms with E-state index in [-0.39, 0.29) is 29.2 Å². The molecule has 5 heteroatoms. The number of ether oxygens (including phenoxy) is 1. The Morgan fingerprint density at radius 1 is 1.30 bits per heavy atom. The van der Waals surface area contributed by atoms with Crippen LogP contribution >= 0.6 is 11.8 Å². The zero-order valence-electron chi connectivity index (χ0n) is 11.3. The van der Waals surface area contributed by atoms with E-state index in [1.165, 1.54) is 7.11 Å². The molecule has 2 fully saturated rings. The molecule has 20 heavy (non-hydrogen) atoms. The molecule has 4 nitrogen and oxygen atoms in total. The molecule has 0 unspecified atom stereocenters. The van der Waals surface area contributed by atoms with E-state index in [9.17, 15) is 9.59 Å². The molecular formula is C15H17NO3S. The van der Waals surface area contributed by atoms with E-state index < -0.39 is 0 Å². The van der Waals surface area contributed by atoms with Crippen LogP contribution in [0.4, 0.5) is 4.79 Å². The van der Waals surface area contributed by atoms with Crippen molar-refractivity contribution in [1.29, 1.82) is 0 Å². The van der Waals surface area contributed by atoms with E-state index in [2.05, 4.69) is 0 Å². The van der Waals surface area contributed by atoms with Gasteiger partial charge in [-0.2, -0.15) is 0 Å². The number of ketones is 1. The van der Waals surface area contributed by atoms with Gasteiger partial charge in [-0.1, -0.05) is 18.2 Å². The summed E-state index contributed by atoms with van der Waals surface area (Å²) in [5.41, 5.74) is 0. The van der Waals surface area contributed by atoms with Crippen LogP contribution in [0.1, 0.15) is 19.3 Å². The van der Waals surface area contributed by atoms with Crippen molar-refractivity contribution < 1.29 is 14.3 Å². The average Bonchev–Trinajstić information content (AvgIpc) is 2.81. The SMILES string of the molecule is COC(=O)N1[C@H]2CC[C@@H]1[C@@H](Sc1ccccc1)C(=O)C2. The van der Waals surface area contributed by atoms with Gasteiger partial charge in [0.2, 0.25) is 0 Å². The number of piperidine rings is 1. The second-order valence-electron chi connectivity index (χ2n) is 5.20. The third-order valence-corrected chi connectivity index (χ3v) is 5.42. The molecule has 0 aromatic heterocycles. The molecule has 2 aliphatic rings. The molecule has 0 radical (unpaired) electrons. The Morgan fingerprint density at radius 2 is 2.05 bits per heavy atom. The first-order chi connectivity index (χ1) is 9.70. The molecule has 106 valence electrons. The minimum Gasteiger partial charge on any atom is -0.453 e. The summed E-state index contributed by atoms with van der Waals surface area (Å²) in [6.45, 7) is 0.